The van der Waals surface area contributed by atoms with Gasteiger partial charge >= 0.3 is 0 Å². The first kappa shape index (κ1) is 11.7. The highest BCUT2D eigenvalue weighted by molar-refractivity contribution is 5.18. The molecular formula is C14H19N. The third-order valence-corrected chi connectivity index (χ3v) is 2.28. The van der Waals surface area contributed by atoms with Crippen molar-refractivity contribution >= 4 is 0 Å². The highest BCUT2D eigenvalue weighted by Gasteiger charge is 2.00. The van der Waals surface area contributed by atoms with Crippen LogP contribution in [-0.4, -0.2) is 6.54 Å². The molecule has 1 N–H and O–H groups in total. The van der Waals surface area contributed by atoms with Crippen molar-refractivity contribution in [3.8, 4) is 0 Å². The number of nitrogens with one attached hydrogen (secondary N) is 1. The standard InChI is InChI=1S/C14H19N/c1-3-4-5-9-12-15-13(2)14-10-7-6-8-11-14/h3-11,13,15H,12H2,1-2H3/t13-/m0/s1. The van der Waals surface area contributed by atoms with Gasteiger partial charge < -0.3 is 5.32 Å². The number of allylic oxidation sites excluding steroid dienone is 3. The highest BCUT2D eigenvalue weighted by Crippen LogP contribution is 2.10. The molecule has 0 heterocycles. The summed E-state index contributed by atoms with van der Waals surface area (Å²) < 4.78 is 0. The Bertz CT molecular complexity index is 311. The van der Waals surface area contributed by atoms with E-state index in [1.807, 2.05) is 25.1 Å². The first-order valence-electron chi connectivity index (χ1n) is 5.40. The van der Waals surface area contributed by atoms with Crippen molar-refractivity contribution in [3.63, 3.8) is 0 Å². The van der Waals surface area contributed by atoms with E-state index in [4.69, 9.17) is 0 Å². The summed E-state index contributed by atoms with van der Waals surface area (Å²) in [4.78, 5) is 0. The van der Waals surface area contributed by atoms with Gasteiger partial charge in [0.15, 0.2) is 0 Å². The van der Waals surface area contributed by atoms with Gasteiger partial charge in [-0.15, -0.1) is 0 Å². The summed E-state index contributed by atoms with van der Waals surface area (Å²) in [7, 11) is 0. The molecular weight excluding hydrogens is 182 g/mol. The molecule has 1 nitrogen and oxygen atoms in total. The average Bonchev–Trinajstić information content (AvgIpc) is 2.30. The average molecular weight is 201 g/mol. The Morgan fingerprint density at radius 1 is 1.20 bits per heavy atom. The van der Waals surface area contributed by atoms with Crippen LogP contribution in [0.15, 0.2) is 54.6 Å². The molecule has 80 valence electrons. The zero-order valence-electron chi connectivity index (χ0n) is 9.48. The molecule has 15 heavy (non-hydrogen) atoms. The van der Waals surface area contributed by atoms with Crippen molar-refractivity contribution in [2.75, 3.05) is 6.54 Å². The van der Waals surface area contributed by atoms with E-state index in [1.54, 1.807) is 0 Å². The molecule has 0 fully saturated rings. The number of hydrogen-bond acceptors (Lipinski definition) is 1. The minimum atomic E-state index is 0.404. The van der Waals surface area contributed by atoms with Gasteiger partial charge in [0.05, 0.1) is 0 Å². The van der Waals surface area contributed by atoms with Crippen LogP contribution >= 0.6 is 0 Å². The maximum Gasteiger partial charge on any atom is 0.0294 e. The van der Waals surface area contributed by atoms with Crippen molar-refractivity contribution < 1.29 is 0 Å². The second kappa shape index (κ2) is 7.02. The second-order valence-corrected chi connectivity index (χ2v) is 3.49. The van der Waals surface area contributed by atoms with Crippen LogP contribution in [0.25, 0.3) is 0 Å². The molecule has 1 aromatic rings. The van der Waals surface area contributed by atoms with Gasteiger partial charge in [-0.3, -0.25) is 0 Å². The summed E-state index contributed by atoms with van der Waals surface area (Å²) in [5.74, 6) is 0. The molecule has 0 radical (unpaired) electrons. The van der Waals surface area contributed by atoms with Crippen molar-refractivity contribution in [1.29, 1.82) is 0 Å². The Morgan fingerprint density at radius 2 is 1.93 bits per heavy atom. The molecule has 0 spiro atoms. The van der Waals surface area contributed by atoms with Gasteiger partial charge in [-0.25, -0.2) is 0 Å². The van der Waals surface area contributed by atoms with Gasteiger partial charge in [-0.05, 0) is 19.4 Å². The van der Waals surface area contributed by atoms with Crippen LogP contribution in [0, 0.1) is 0 Å². The number of rotatable bonds is 5. The SMILES string of the molecule is CC=CC=CCN[C@@H](C)c1ccccc1. The number of benzene rings is 1. The van der Waals surface area contributed by atoms with Crippen molar-refractivity contribution in [2.24, 2.45) is 0 Å². The third kappa shape index (κ3) is 4.61. The topological polar surface area (TPSA) is 12.0 Å². The van der Waals surface area contributed by atoms with Crippen LogP contribution in [0.2, 0.25) is 0 Å². The van der Waals surface area contributed by atoms with Gasteiger partial charge in [0.1, 0.15) is 0 Å². The second-order valence-electron chi connectivity index (χ2n) is 3.49. The minimum Gasteiger partial charge on any atom is -0.307 e. The van der Waals surface area contributed by atoms with Crippen LogP contribution in [-0.2, 0) is 0 Å². The largest absolute Gasteiger partial charge is 0.307 e. The van der Waals surface area contributed by atoms with E-state index in [2.05, 4.69) is 48.7 Å². The van der Waals surface area contributed by atoms with E-state index in [9.17, 15) is 0 Å². The zero-order chi connectivity index (χ0) is 10.9. The Morgan fingerprint density at radius 3 is 2.60 bits per heavy atom. The van der Waals surface area contributed by atoms with E-state index in [0.717, 1.165) is 6.54 Å². The third-order valence-electron chi connectivity index (χ3n) is 2.28. The molecule has 0 saturated carbocycles. The number of hydrogen-bond donors (Lipinski definition) is 1. The predicted octanol–water partition coefficient (Wildman–Crippen LogP) is 3.47. The van der Waals surface area contributed by atoms with Crippen molar-refractivity contribution in [1.82, 2.24) is 5.32 Å². The van der Waals surface area contributed by atoms with Crippen LogP contribution in [0.1, 0.15) is 25.5 Å². The molecule has 0 saturated heterocycles. The van der Waals surface area contributed by atoms with E-state index >= 15 is 0 Å². The van der Waals surface area contributed by atoms with Gasteiger partial charge in [-0.2, -0.15) is 0 Å². The van der Waals surface area contributed by atoms with Gasteiger partial charge in [0, 0.05) is 12.6 Å². The lowest BCUT2D eigenvalue weighted by atomic mass is 10.1. The highest BCUT2D eigenvalue weighted by atomic mass is 14.9. The monoisotopic (exact) mass is 201 g/mol. The predicted molar refractivity (Wildman–Crippen MR) is 66.8 cm³/mol. The summed E-state index contributed by atoms with van der Waals surface area (Å²) in [6, 6.07) is 10.9. The first-order chi connectivity index (χ1) is 7.34. The van der Waals surface area contributed by atoms with E-state index < -0.39 is 0 Å². The first-order valence-corrected chi connectivity index (χ1v) is 5.40. The van der Waals surface area contributed by atoms with Crippen LogP contribution < -0.4 is 5.32 Å². The molecule has 0 amide bonds. The lowest BCUT2D eigenvalue weighted by Gasteiger charge is -2.12. The van der Waals surface area contributed by atoms with Gasteiger partial charge in [0.25, 0.3) is 0 Å². The molecule has 0 aliphatic carbocycles. The molecule has 0 aliphatic rings. The zero-order valence-corrected chi connectivity index (χ0v) is 9.48. The Kier molecular flexibility index (Phi) is 5.49. The molecule has 0 aromatic heterocycles. The Labute approximate surface area is 92.5 Å². The lowest BCUT2D eigenvalue weighted by Crippen LogP contribution is -2.18. The summed E-state index contributed by atoms with van der Waals surface area (Å²) in [5.41, 5.74) is 1.33. The summed E-state index contributed by atoms with van der Waals surface area (Å²) in [6.07, 6.45) is 8.25. The maximum atomic E-state index is 3.44. The van der Waals surface area contributed by atoms with Gasteiger partial charge in [0.2, 0.25) is 0 Å². The summed E-state index contributed by atoms with van der Waals surface area (Å²) >= 11 is 0. The lowest BCUT2D eigenvalue weighted by molar-refractivity contribution is 0.617. The van der Waals surface area contributed by atoms with E-state index in [-0.39, 0.29) is 0 Å². The smallest absolute Gasteiger partial charge is 0.0294 e. The molecule has 1 rings (SSSR count). The van der Waals surface area contributed by atoms with Crippen LogP contribution in [0.5, 0.6) is 0 Å². The van der Waals surface area contributed by atoms with Crippen LogP contribution in [0.3, 0.4) is 0 Å². The quantitative estimate of drug-likeness (QED) is 0.719. The van der Waals surface area contributed by atoms with E-state index in [0.29, 0.717) is 6.04 Å². The minimum absolute atomic E-state index is 0.404. The van der Waals surface area contributed by atoms with E-state index in [1.165, 1.54) is 5.56 Å². The Hall–Kier alpha value is -1.34. The normalized spacial score (nSPS) is 13.7. The molecule has 1 atom stereocenters. The summed E-state index contributed by atoms with van der Waals surface area (Å²) in [6.45, 7) is 5.10. The molecule has 0 unspecified atom stereocenters. The fourth-order valence-corrected chi connectivity index (χ4v) is 1.36. The Balaban J connectivity index is 2.34. The molecule has 0 aliphatic heterocycles. The molecule has 0 bridgehead atoms. The molecule has 1 heteroatoms. The summed E-state index contributed by atoms with van der Waals surface area (Å²) in [5, 5.41) is 3.44. The fourth-order valence-electron chi connectivity index (χ4n) is 1.36. The van der Waals surface area contributed by atoms with Crippen molar-refractivity contribution in [3.05, 3.63) is 60.2 Å². The van der Waals surface area contributed by atoms with Gasteiger partial charge in [-0.1, -0.05) is 54.6 Å². The van der Waals surface area contributed by atoms with Crippen LogP contribution in [0.4, 0.5) is 0 Å². The maximum absolute atomic E-state index is 3.44. The van der Waals surface area contributed by atoms with Crippen molar-refractivity contribution in [2.45, 2.75) is 19.9 Å². The molecule has 1 aromatic carbocycles. The fraction of sp³-hybridized carbons (Fsp3) is 0.286.